The Bertz CT molecular complexity index is 1560. The summed E-state index contributed by atoms with van der Waals surface area (Å²) in [5.41, 5.74) is 5.38. The number of unbranched alkanes of at least 4 members (excludes halogenated alkanes) is 23. The molecule has 0 aromatic carbocycles. The highest BCUT2D eigenvalue weighted by atomic mass is 31.2. The number of hydrogen-bond donors (Lipinski definition) is 2. The van der Waals surface area contributed by atoms with E-state index in [0.717, 1.165) is 109 Å². The molecule has 0 bridgehead atoms. The van der Waals surface area contributed by atoms with Gasteiger partial charge in [-0.15, -0.1) is 0 Å². The van der Waals surface area contributed by atoms with E-state index in [4.69, 9.17) is 24.3 Å². The van der Waals surface area contributed by atoms with E-state index in [9.17, 15) is 19.0 Å². The predicted molar refractivity (Wildman–Crippen MR) is 311 cm³/mol. The van der Waals surface area contributed by atoms with Gasteiger partial charge in [-0.3, -0.25) is 18.6 Å². The van der Waals surface area contributed by atoms with Crippen molar-refractivity contribution in [1.29, 1.82) is 0 Å². The highest BCUT2D eigenvalue weighted by Gasteiger charge is 2.26. The fraction of sp³-hybridized carbons (Fsp3) is 0.683. The van der Waals surface area contributed by atoms with Gasteiger partial charge in [0.05, 0.1) is 13.2 Å². The third-order valence-corrected chi connectivity index (χ3v) is 13.1. The zero-order valence-corrected chi connectivity index (χ0v) is 47.5. The Kier molecular flexibility index (Phi) is 55.3. The van der Waals surface area contributed by atoms with Gasteiger partial charge in [0.1, 0.15) is 6.61 Å². The summed E-state index contributed by atoms with van der Waals surface area (Å²) in [5, 5.41) is 0. The van der Waals surface area contributed by atoms with E-state index >= 15 is 0 Å². The molecule has 2 atom stereocenters. The van der Waals surface area contributed by atoms with Crippen LogP contribution in [0, 0.1) is 0 Å². The lowest BCUT2D eigenvalue weighted by Crippen LogP contribution is -2.29. The molecule has 0 aliphatic heterocycles. The molecule has 0 heterocycles. The van der Waals surface area contributed by atoms with Crippen molar-refractivity contribution >= 4 is 19.8 Å². The molecule has 0 fully saturated rings. The standard InChI is InChI=1S/C63H108NO8P/c1-3-5-7-9-11-13-15-17-19-21-23-25-26-27-28-29-30-31-32-33-34-36-38-40-42-44-46-48-50-52-54-56-63(66)72-61(60-71-73(67,68)70-58-57-64)59-69-62(65)55-53-51-49-47-45-43-41-39-37-35-24-22-20-18-16-14-12-10-8-6-4-2/h5,7,11,13,17,19,22-25,27-28,30-31,33-34,38,40,61H,3-4,6,8-10,12,14-16,18,20-21,26,29,32,35-37,39,41-60,64H2,1-2H3,(H,67,68)/b7-5-,13-11-,19-17-,24-22-,25-23-,28-27-,31-30-,34-33-,40-38-. The molecule has 10 heteroatoms. The van der Waals surface area contributed by atoms with Gasteiger partial charge in [-0.2, -0.15) is 0 Å². The Labute approximate surface area is 448 Å². The maximum Gasteiger partial charge on any atom is 0.472 e. The Hall–Kier alpha value is -3.33. The van der Waals surface area contributed by atoms with Crippen LogP contribution in [0.2, 0.25) is 0 Å². The number of esters is 2. The van der Waals surface area contributed by atoms with Gasteiger partial charge >= 0.3 is 19.8 Å². The van der Waals surface area contributed by atoms with Crippen LogP contribution in [0.3, 0.4) is 0 Å². The van der Waals surface area contributed by atoms with Crippen LogP contribution in [-0.2, 0) is 32.7 Å². The molecular formula is C63H108NO8P. The maximum absolute atomic E-state index is 12.7. The molecule has 0 rings (SSSR count). The second kappa shape index (κ2) is 57.9. The molecule has 2 unspecified atom stereocenters. The first kappa shape index (κ1) is 69.7. The number of hydrogen-bond acceptors (Lipinski definition) is 8. The average Bonchev–Trinajstić information content (AvgIpc) is 3.38. The van der Waals surface area contributed by atoms with Gasteiger partial charge in [0.15, 0.2) is 6.10 Å². The molecule has 0 amide bonds. The Morgan fingerprint density at radius 3 is 1.14 bits per heavy atom. The number of ether oxygens (including phenoxy) is 2. The van der Waals surface area contributed by atoms with E-state index in [1.54, 1.807) is 0 Å². The van der Waals surface area contributed by atoms with Crippen molar-refractivity contribution in [3.05, 3.63) is 109 Å². The molecule has 0 aromatic heterocycles. The predicted octanol–water partition coefficient (Wildman–Crippen LogP) is 18.6. The summed E-state index contributed by atoms with van der Waals surface area (Å²) < 4.78 is 33.0. The minimum atomic E-state index is -4.40. The van der Waals surface area contributed by atoms with Crippen LogP contribution >= 0.6 is 7.82 Å². The van der Waals surface area contributed by atoms with E-state index in [-0.39, 0.29) is 38.6 Å². The lowest BCUT2D eigenvalue weighted by Gasteiger charge is -2.19. The summed E-state index contributed by atoms with van der Waals surface area (Å²) in [5.74, 6) is -0.850. The quantitative estimate of drug-likeness (QED) is 0.0264. The maximum atomic E-state index is 12.7. The van der Waals surface area contributed by atoms with E-state index < -0.39 is 26.5 Å². The highest BCUT2D eigenvalue weighted by Crippen LogP contribution is 2.43. The van der Waals surface area contributed by atoms with E-state index in [2.05, 4.69) is 123 Å². The Morgan fingerprint density at radius 1 is 0.425 bits per heavy atom. The molecule has 0 aliphatic rings. The lowest BCUT2D eigenvalue weighted by molar-refractivity contribution is -0.161. The SMILES string of the molecule is CC/C=C\C/C=C\C/C=C\C/C=C\C/C=C\C/C=C\C/C=C\C/C=C\CCCCCCCCC(=O)OC(COC(=O)CCCCCCCCCCC/C=C\CCCCCCCCCC)COP(=O)(O)OCCN. The van der Waals surface area contributed by atoms with Crippen molar-refractivity contribution in [3.63, 3.8) is 0 Å². The third-order valence-electron chi connectivity index (χ3n) is 12.1. The summed E-state index contributed by atoms with van der Waals surface area (Å²) in [6.07, 6.45) is 78.5. The molecule has 0 aromatic rings. The van der Waals surface area contributed by atoms with Gasteiger partial charge in [0.25, 0.3) is 0 Å². The molecule has 0 radical (unpaired) electrons. The largest absolute Gasteiger partial charge is 0.472 e. The minimum absolute atomic E-state index is 0.0453. The zero-order chi connectivity index (χ0) is 53.1. The molecule has 0 spiro atoms. The van der Waals surface area contributed by atoms with Crippen LogP contribution in [0.5, 0.6) is 0 Å². The monoisotopic (exact) mass is 1040 g/mol. The normalized spacial score (nSPS) is 13.9. The highest BCUT2D eigenvalue weighted by molar-refractivity contribution is 7.47. The van der Waals surface area contributed by atoms with Gasteiger partial charge in [0, 0.05) is 19.4 Å². The average molecular weight is 1040 g/mol. The molecule has 0 aliphatic carbocycles. The Balaban J connectivity index is 4.06. The van der Waals surface area contributed by atoms with E-state index in [1.807, 2.05) is 0 Å². The van der Waals surface area contributed by atoms with Crippen LogP contribution in [0.4, 0.5) is 0 Å². The molecule has 0 saturated heterocycles. The van der Waals surface area contributed by atoms with Gasteiger partial charge in [-0.25, -0.2) is 4.57 Å². The van der Waals surface area contributed by atoms with Crippen molar-refractivity contribution < 1.29 is 37.6 Å². The van der Waals surface area contributed by atoms with Gasteiger partial charge < -0.3 is 20.1 Å². The number of carbonyl (C=O) groups excluding carboxylic acids is 2. The smallest absolute Gasteiger partial charge is 0.462 e. The molecule has 73 heavy (non-hydrogen) atoms. The van der Waals surface area contributed by atoms with Crippen LogP contribution in [-0.4, -0.2) is 49.3 Å². The zero-order valence-electron chi connectivity index (χ0n) is 46.6. The summed E-state index contributed by atoms with van der Waals surface area (Å²) in [4.78, 5) is 35.2. The first-order valence-corrected chi connectivity index (χ1v) is 30.9. The van der Waals surface area contributed by atoms with Crippen molar-refractivity contribution in [2.24, 2.45) is 5.73 Å². The summed E-state index contributed by atoms with van der Waals surface area (Å²) >= 11 is 0. The van der Waals surface area contributed by atoms with Crippen molar-refractivity contribution in [3.8, 4) is 0 Å². The van der Waals surface area contributed by atoms with Crippen LogP contribution in [0.15, 0.2) is 109 Å². The van der Waals surface area contributed by atoms with Gasteiger partial charge in [-0.05, 0) is 103 Å². The van der Waals surface area contributed by atoms with Crippen LogP contribution in [0.1, 0.15) is 245 Å². The van der Waals surface area contributed by atoms with Crippen molar-refractivity contribution in [1.82, 2.24) is 0 Å². The summed E-state index contributed by atoms with van der Waals surface area (Å²) in [7, 11) is -4.40. The van der Waals surface area contributed by atoms with E-state index in [0.29, 0.717) is 6.42 Å². The second-order valence-electron chi connectivity index (χ2n) is 19.1. The van der Waals surface area contributed by atoms with Crippen LogP contribution in [0.25, 0.3) is 0 Å². The first-order chi connectivity index (χ1) is 35.8. The number of phosphoric acid groups is 1. The fourth-order valence-corrected chi connectivity index (χ4v) is 8.59. The minimum Gasteiger partial charge on any atom is -0.462 e. The number of allylic oxidation sites excluding steroid dienone is 18. The van der Waals surface area contributed by atoms with E-state index in [1.165, 1.54) is 103 Å². The summed E-state index contributed by atoms with van der Waals surface area (Å²) in [6.45, 7) is 3.61. The topological polar surface area (TPSA) is 134 Å². The number of carbonyl (C=O) groups is 2. The summed E-state index contributed by atoms with van der Waals surface area (Å²) in [6, 6.07) is 0. The fourth-order valence-electron chi connectivity index (χ4n) is 7.82. The number of rotatable bonds is 54. The van der Waals surface area contributed by atoms with Gasteiger partial charge in [0.2, 0.25) is 0 Å². The van der Waals surface area contributed by atoms with Crippen molar-refractivity contribution in [2.45, 2.75) is 251 Å². The molecular weight excluding hydrogens is 930 g/mol. The first-order valence-electron chi connectivity index (χ1n) is 29.4. The molecule has 0 saturated carbocycles. The molecule has 3 N–H and O–H groups in total. The van der Waals surface area contributed by atoms with Crippen LogP contribution < -0.4 is 5.73 Å². The third kappa shape index (κ3) is 57.8. The second-order valence-corrected chi connectivity index (χ2v) is 20.6. The number of phosphoric ester groups is 1. The van der Waals surface area contributed by atoms with Gasteiger partial charge in [-0.1, -0.05) is 239 Å². The lowest BCUT2D eigenvalue weighted by atomic mass is 10.1. The number of nitrogens with two attached hydrogens (primary N) is 1. The molecule has 418 valence electrons. The van der Waals surface area contributed by atoms with Crippen molar-refractivity contribution in [2.75, 3.05) is 26.4 Å². The molecule has 9 nitrogen and oxygen atoms in total. The Morgan fingerprint density at radius 2 is 0.753 bits per heavy atom.